The van der Waals surface area contributed by atoms with E-state index in [1.165, 1.54) is 20.3 Å². The van der Waals surface area contributed by atoms with Gasteiger partial charge in [-0.15, -0.1) is 0 Å². The van der Waals surface area contributed by atoms with E-state index in [4.69, 9.17) is 9.47 Å². The van der Waals surface area contributed by atoms with Crippen LogP contribution in [-0.4, -0.2) is 29.9 Å². The third-order valence-electron chi connectivity index (χ3n) is 4.85. The summed E-state index contributed by atoms with van der Waals surface area (Å²) in [7, 11) is 2.98. The first-order chi connectivity index (χ1) is 14.6. The number of hydrogen-bond acceptors (Lipinski definition) is 4. The summed E-state index contributed by atoms with van der Waals surface area (Å²) in [6, 6.07) is 9.89. The molecule has 3 rings (SSSR count). The lowest BCUT2D eigenvalue weighted by Crippen LogP contribution is -2.13. The van der Waals surface area contributed by atoms with Gasteiger partial charge in [-0.3, -0.25) is 9.48 Å². The van der Waals surface area contributed by atoms with Crippen molar-refractivity contribution in [3.63, 3.8) is 0 Å². The molecule has 0 aliphatic heterocycles. The molecule has 0 fully saturated rings. The van der Waals surface area contributed by atoms with E-state index in [1.807, 2.05) is 0 Å². The molecule has 0 aliphatic carbocycles. The molecule has 1 N–H and O–H groups in total. The first-order valence-electron chi connectivity index (χ1n) is 9.37. The Morgan fingerprint density at radius 3 is 2.42 bits per heavy atom. The van der Waals surface area contributed by atoms with Crippen molar-refractivity contribution in [2.75, 3.05) is 19.5 Å². The number of methoxy groups -OCH3 is 2. The normalized spacial score (nSPS) is 11.3. The minimum Gasteiger partial charge on any atom is -0.493 e. The van der Waals surface area contributed by atoms with E-state index in [0.717, 1.165) is 12.1 Å². The minimum atomic E-state index is -4.41. The Hall–Kier alpha value is -3.49. The third kappa shape index (κ3) is 4.82. The lowest BCUT2D eigenvalue weighted by molar-refractivity contribution is -0.137. The number of alkyl halides is 3. The van der Waals surface area contributed by atoms with Gasteiger partial charge in [-0.2, -0.15) is 18.3 Å². The standard InChI is InChI=1S/C22H22F3N3O3/c1-13-20(26-21(29)16-8-9-18(30-3)19(11-16)31-4)14(2)28(27-13)12-15-6-5-7-17(10-15)22(23,24)25/h5-11H,12H2,1-4H3,(H,26,29). The number of halogens is 3. The Kier molecular flexibility index (Phi) is 6.24. The highest BCUT2D eigenvalue weighted by Crippen LogP contribution is 2.31. The van der Waals surface area contributed by atoms with E-state index in [0.29, 0.717) is 39.7 Å². The summed E-state index contributed by atoms with van der Waals surface area (Å²) < 4.78 is 50.9. The van der Waals surface area contributed by atoms with Crippen LogP contribution in [0.2, 0.25) is 0 Å². The number of ether oxygens (including phenoxy) is 2. The van der Waals surface area contributed by atoms with Gasteiger partial charge in [0.2, 0.25) is 0 Å². The number of nitrogens with zero attached hydrogens (tertiary/aromatic N) is 2. The number of rotatable bonds is 6. The molecule has 0 saturated carbocycles. The van der Waals surface area contributed by atoms with Gasteiger partial charge in [0, 0.05) is 5.56 Å². The molecule has 1 amide bonds. The lowest BCUT2D eigenvalue weighted by atomic mass is 10.1. The maximum Gasteiger partial charge on any atom is 0.416 e. The Balaban J connectivity index is 1.83. The second-order valence-electron chi connectivity index (χ2n) is 6.93. The fraction of sp³-hybridized carbons (Fsp3) is 0.273. The van der Waals surface area contributed by atoms with Crippen LogP contribution in [0.25, 0.3) is 0 Å². The number of aromatic nitrogens is 2. The smallest absolute Gasteiger partial charge is 0.416 e. The number of carbonyl (C=O) groups excluding carboxylic acids is 1. The molecule has 0 atom stereocenters. The first-order valence-corrected chi connectivity index (χ1v) is 9.37. The van der Waals surface area contributed by atoms with Crippen LogP contribution in [0.1, 0.15) is 32.9 Å². The van der Waals surface area contributed by atoms with Crippen molar-refractivity contribution in [2.24, 2.45) is 0 Å². The summed E-state index contributed by atoms with van der Waals surface area (Å²) in [6.45, 7) is 3.61. The van der Waals surface area contributed by atoms with Crippen molar-refractivity contribution in [3.05, 3.63) is 70.5 Å². The van der Waals surface area contributed by atoms with Gasteiger partial charge in [-0.25, -0.2) is 0 Å². The Bertz CT molecular complexity index is 1110. The number of benzene rings is 2. The Morgan fingerprint density at radius 2 is 1.77 bits per heavy atom. The molecule has 0 bridgehead atoms. The molecule has 0 aliphatic rings. The summed E-state index contributed by atoms with van der Waals surface area (Å²) in [4.78, 5) is 12.7. The van der Waals surface area contributed by atoms with Crippen molar-refractivity contribution in [1.29, 1.82) is 0 Å². The maximum atomic E-state index is 13.0. The summed E-state index contributed by atoms with van der Waals surface area (Å²) in [5.41, 5.74) is 1.79. The van der Waals surface area contributed by atoms with Crippen LogP contribution in [0.5, 0.6) is 11.5 Å². The quantitative estimate of drug-likeness (QED) is 0.604. The van der Waals surface area contributed by atoms with E-state index in [9.17, 15) is 18.0 Å². The summed E-state index contributed by atoms with van der Waals surface area (Å²) >= 11 is 0. The van der Waals surface area contributed by atoms with Crippen molar-refractivity contribution < 1.29 is 27.4 Å². The van der Waals surface area contributed by atoms with E-state index in [-0.39, 0.29) is 12.5 Å². The molecule has 1 heterocycles. The van der Waals surface area contributed by atoms with Gasteiger partial charge in [0.15, 0.2) is 11.5 Å². The van der Waals surface area contributed by atoms with Crippen LogP contribution in [0.3, 0.4) is 0 Å². The number of aryl methyl sites for hydroxylation is 1. The van der Waals surface area contributed by atoms with Crippen molar-refractivity contribution in [1.82, 2.24) is 9.78 Å². The summed E-state index contributed by atoms with van der Waals surface area (Å²) in [6.07, 6.45) is -4.41. The SMILES string of the molecule is COc1ccc(C(=O)Nc2c(C)nn(Cc3cccc(C(F)(F)F)c3)c2C)cc1OC. The number of anilines is 1. The van der Waals surface area contributed by atoms with E-state index in [1.54, 1.807) is 42.8 Å². The van der Waals surface area contributed by atoms with Crippen LogP contribution in [0.15, 0.2) is 42.5 Å². The Morgan fingerprint density at radius 1 is 1.06 bits per heavy atom. The molecule has 0 spiro atoms. The molecular formula is C22H22F3N3O3. The lowest BCUT2D eigenvalue weighted by Gasteiger charge is -2.11. The second kappa shape index (κ2) is 8.71. The first kappa shape index (κ1) is 22.2. The summed E-state index contributed by atoms with van der Waals surface area (Å²) in [5, 5.41) is 7.21. The van der Waals surface area contributed by atoms with Crippen LogP contribution in [0, 0.1) is 13.8 Å². The topological polar surface area (TPSA) is 65.4 Å². The fourth-order valence-electron chi connectivity index (χ4n) is 3.21. The van der Waals surface area contributed by atoms with Gasteiger partial charge in [-0.05, 0) is 49.7 Å². The highest BCUT2D eigenvalue weighted by Gasteiger charge is 2.30. The number of hydrogen-bond donors (Lipinski definition) is 1. The zero-order valence-corrected chi connectivity index (χ0v) is 17.5. The monoisotopic (exact) mass is 433 g/mol. The van der Waals surface area contributed by atoms with Crippen LogP contribution in [-0.2, 0) is 12.7 Å². The van der Waals surface area contributed by atoms with Gasteiger partial charge < -0.3 is 14.8 Å². The van der Waals surface area contributed by atoms with Crippen molar-refractivity contribution in [2.45, 2.75) is 26.6 Å². The third-order valence-corrected chi connectivity index (χ3v) is 4.85. The number of nitrogens with one attached hydrogen (secondary N) is 1. The van der Waals surface area contributed by atoms with E-state index in [2.05, 4.69) is 10.4 Å². The predicted molar refractivity (Wildman–Crippen MR) is 110 cm³/mol. The van der Waals surface area contributed by atoms with Gasteiger partial charge in [0.25, 0.3) is 5.91 Å². The van der Waals surface area contributed by atoms with Crippen molar-refractivity contribution in [3.8, 4) is 11.5 Å². The van der Waals surface area contributed by atoms with Crippen LogP contribution >= 0.6 is 0 Å². The van der Waals surface area contributed by atoms with Crippen LogP contribution in [0.4, 0.5) is 18.9 Å². The second-order valence-corrected chi connectivity index (χ2v) is 6.93. The molecule has 0 radical (unpaired) electrons. The zero-order valence-electron chi connectivity index (χ0n) is 17.5. The predicted octanol–water partition coefficient (Wildman–Crippen LogP) is 4.84. The van der Waals surface area contributed by atoms with E-state index < -0.39 is 11.7 Å². The van der Waals surface area contributed by atoms with E-state index >= 15 is 0 Å². The van der Waals surface area contributed by atoms with Gasteiger partial charge in [0.05, 0.1) is 43.4 Å². The molecule has 3 aromatic rings. The zero-order chi connectivity index (χ0) is 22.8. The number of carbonyl (C=O) groups is 1. The molecule has 0 unspecified atom stereocenters. The van der Waals surface area contributed by atoms with Crippen LogP contribution < -0.4 is 14.8 Å². The highest BCUT2D eigenvalue weighted by atomic mass is 19.4. The molecular weight excluding hydrogens is 411 g/mol. The fourth-order valence-corrected chi connectivity index (χ4v) is 3.21. The molecule has 9 heteroatoms. The van der Waals surface area contributed by atoms with Crippen molar-refractivity contribution >= 4 is 11.6 Å². The van der Waals surface area contributed by atoms with Gasteiger partial charge >= 0.3 is 6.18 Å². The molecule has 31 heavy (non-hydrogen) atoms. The van der Waals surface area contributed by atoms with Gasteiger partial charge in [-0.1, -0.05) is 12.1 Å². The largest absolute Gasteiger partial charge is 0.493 e. The molecule has 1 aromatic heterocycles. The minimum absolute atomic E-state index is 0.142. The average molecular weight is 433 g/mol. The molecule has 2 aromatic carbocycles. The highest BCUT2D eigenvalue weighted by molar-refractivity contribution is 6.05. The molecule has 6 nitrogen and oxygen atoms in total. The molecule has 164 valence electrons. The summed E-state index contributed by atoms with van der Waals surface area (Å²) in [5.74, 6) is 0.551. The average Bonchev–Trinajstić information content (AvgIpc) is 3.00. The maximum absolute atomic E-state index is 13.0. The Labute approximate surface area is 177 Å². The van der Waals surface area contributed by atoms with Gasteiger partial charge in [0.1, 0.15) is 0 Å². The number of amides is 1. The molecule has 0 saturated heterocycles.